The third kappa shape index (κ3) is 1.67. The number of benzene rings is 1. The summed E-state index contributed by atoms with van der Waals surface area (Å²) in [6, 6.07) is 6.60. The lowest BCUT2D eigenvalue weighted by molar-refractivity contribution is 0.869. The first kappa shape index (κ1) is 9.66. The second-order valence-corrected chi connectivity index (χ2v) is 4.96. The smallest absolute Gasteiger partial charge is 0.0935 e. The molecule has 1 nitrogen and oxygen atoms in total. The van der Waals surface area contributed by atoms with Gasteiger partial charge in [0.15, 0.2) is 0 Å². The molecule has 1 aromatic carbocycles. The molecule has 0 saturated carbocycles. The molecule has 2 heteroatoms. The highest BCUT2D eigenvalue weighted by Crippen LogP contribution is 2.26. The predicted octanol–water partition coefficient (Wildman–Crippen LogP) is 3.98. The monoisotopic (exact) mass is 205 g/mol. The average Bonchev–Trinajstić information content (AvgIpc) is 2.58. The SMILES string of the molecule is CCc1nc2ccc(C(C)C)cc2s1. The number of nitrogens with zero attached hydrogens (tertiary/aromatic N) is 1. The van der Waals surface area contributed by atoms with Crippen molar-refractivity contribution in [1.29, 1.82) is 0 Å². The van der Waals surface area contributed by atoms with Crippen molar-refractivity contribution in [3.8, 4) is 0 Å². The minimum absolute atomic E-state index is 0.603. The molecule has 74 valence electrons. The van der Waals surface area contributed by atoms with Gasteiger partial charge in [0.1, 0.15) is 0 Å². The Hall–Kier alpha value is -0.890. The summed E-state index contributed by atoms with van der Waals surface area (Å²) < 4.78 is 1.33. The van der Waals surface area contributed by atoms with E-state index in [0.717, 1.165) is 11.9 Å². The second kappa shape index (κ2) is 3.70. The van der Waals surface area contributed by atoms with Gasteiger partial charge in [0.2, 0.25) is 0 Å². The first-order valence-corrected chi connectivity index (χ1v) is 5.91. The molecule has 0 amide bonds. The molecule has 0 aliphatic rings. The second-order valence-electron chi connectivity index (χ2n) is 3.84. The van der Waals surface area contributed by atoms with Gasteiger partial charge in [-0.05, 0) is 30.0 Å². The van der Waals surface area contributed by atoms with Crippen molar-refractivity contribution in [2.75, 3.05) is 0 Å². The molecule has 0 N–H and O–H groups in total. The molecule has 14 heavy (non-hydrogen) atoms. The average molecular weight is 205 g/mol. The molecule has 0 aliphatic heterocycles. The molecule has 0 unspecified atom stereocenters. The van der Waals surface area contributed by atoms with Crippen molar-refractivity contribution < 1.29 is 0 Å². The van der Waals surface area contributed by atoms with Gasteiger partial charge in [0.25, 0.3) is 0 Å². The molecule has 0 fully saturated rings. The highest BCUT2D eigenvalue weighted by atomic mass is 32.1. The quantitative estimate of drug-likeness (QED) is 0.722. The Labute approximate surface area is 88.8 Å². The van der Waals surface area contributed by atoms with Crippen molar-refractivity contribution >= 4 is 21.6 Å². The lowest BCUT2D eigenvalue weighted by Gasteiger charge is -2.03. The van der Waals surface area contributed by atoms with Gasteiger partial charge in [-0.15, -0.1) is 11.3 Å². The Balaban J connectivity index is 2.54. The van der Waals surface area contributed by atoms with Crippen molar-refractivity contribution in [3.63, 3.8) is 0 Å². The van der Waals surface area contributed by atoms with Gasteiger partial charge in [0, 0.05) is 0 Å². The number of rotatable bonds is 2. The number of hydrogen-bond acceptors (Lipinski definition) is 2. The summed E-state index contributed by atoms with van der Waals surface area (Å²) in [6.45, 7) is 6.60. The zero-order valence-corrected chi connectivity index (χ0v) is 9.69. The summed E-state index contributed by atoms with van der Waals surface area (Å²) in [5.41, 5.74) is 2.56. The molecular weight excluding hydrogens is 190 g/mol. The third-order valence-corrected chi connectivity index (χ3v) is 3.59. The summed E-state index contributed by atoms with van der Waals surface area (Å²) in [5.74, 6) is 0.603. The van der Waals surface area contributed by atoms with Crippen LogP contribution in [0.2, 0.25) is 0 Å². The molecular formula is C12H15NS. The predicted molar refractivity (Wildman–Crippen MR) is 63.1 cm³/mol. The van der Waals surface area contributed by atoms with Gasteiger partial charge in [-0.2, -0.15) is 0 Å². The number of hydrogen-bond donors (Lipinski definition) is 0. The molecule has 0 bridgehead atoms. The molecule has 1 aromatic heterocycles. The normalized spacial score (nSPS) is 11.4. The van der Waals surface area contributed by atoms with Crippen molar-refractivity contribution in [1.82, 2.24) is 4.98 Å². The zero-order chi connectivity index (χ0) is 10.1. The summed E-state index contributed by atoms with van der Waals surface area (Å²) >= 11 is 1.82. The number of aryl methyl sites for hydroxylation is 1. The van der Waals surface area contributed by atoms with E-state index in [0.29, 0.717) is 5.92 Å². The standard InChI is InChI=1S/C12H15NS/c1-4-12-13-10-6-5-9(8(2)3)7-11(10)14-12/h5-8H,4H2,1-3H3. The number of thiazole rings is 1. The Morgan fingerprint density at radius 2 is 2.14 bits per heavy atom. The molecule has 0 radical (unpaired) electrons. The van der Waals surface area contributed by atoms with Crippen LogP contribution in [-0.4, -0.2) is 4.98 Å². The van der Waals surface area contributed by atoms with Crippen molar-refractivity contribution in [3.05, 3.63) is 28.8 Å². The van der Waals surface area contributed by atoms with E-state index in [1.54, 1.807) is 0 Å². The molecule has 0 aliphatic carbocycles. The molecule has 1 heterocycles. The maximum Gasteiger partial charge on any atom is 0.0935 e. The van der Waals surface area contributed by atoms with Gasteiger partial charge in [-0.3, -0.25) is 0 Å². The van der Waals surface area contributed by atoms with E-state index in [9.17, 15) is 0 Å². The van der Waals surface area contributed by atoms with Crippen LogP contribution in [0.25, 0.3) is 10.2 Å². The summed E-state index contributed by atoms with van der Waals surface area (Å²) in [5, 5.41) is 1.24. The van der Waals surface area contributed by atoms with Gasteiger partial charge in [-0.25, -0.2) is 4.98 Å². The lowest BCUT2D eigenvalue weighted by atomic mass is 10.0. The van der Waals surface area contributed by atoms with Crippen LogP contribution in [0.5, 0.6) is 0 Å². The van der Waals surface area contributed by atoms with E-state index >= 15 is 0 Å². The Bertz CT molecular complexity index is 443. The molecule has 0 spiro atoms. The van der Waals surface area contributed by atoms with E-state index in [2.05, 4.69) is 44.0 Å². The highest BCUT2D eigenvalue weighted by Gasteiger charge is 2.04. The van der Waals surface area contributed by atoms with Crippen LogP contribution in [0, 0.1) is 0 Å². The summed E-state index contributed by atoms with van der Waals surface area (Å²) in [4.78, 5) is 4.55. The Kier molecular flexibility index (Phi) is 2.55. The number of aromatic nitrogens is 1. The van der Waals surface area contributed by atoms with E-state index in [4.69, 9.17) is 0 Å². The minimum Gasteiger partial charge on any atom is -0.241 e. The lowest BCUT2D eigenvalue weighted by Crippen LogP contribution is -1.85. The van der Waals surface area contributed by atoms with Crippen LogP contribution in [0.1, 0.15) is 37.3 Å². The van der Waals surface area contributed by atoms with E-state index < -0.39 is 0 Å². The van der Waals surface area contributed by atoms with Crippen LogP contribution < -0.4 is 0 Å². The molecule has 2 rings (SSSR count). The molecule has 0 saturated heterocycles. The van der Waals surface area contributed by atoms with Crippen LogP contribution >= 0.6 is 11.3 Å². The number of fused-ring (bicyclic) bond motifs is 1. The third-order valence-electron chi connectivity index (χ3n) is 2.43. The highest BCUT2D eigenvalue weighted by molar-refractivity contribution is 7.18. The topological polar surface area (TPSA) is 12.9 Å². The maximum atomic E-state index is 4.55. The fourth-order valence-corrected chi connectivity index (χ4v) is 2.45. The van der Waals surface area contributed by atoms with E-state index in [1.807, 2.05) is 11.3 Å². The van der Waals surface area contributed by atoms with Crippen LogP contribution in [-0.2, 0) is 6.42 Å². The molecule has 2 aromatic rings. The van der Waals surface area contributed by atoms with Gasteiger partial charge >= 0.3 is 0 Å². The summed E-state index contributed by atoms with van der Waals surface area (Å²) in [6.07, 6.45) is 1.04. The van der Waals surface area contributed by atoms with Gasteiger partial charge < -0.3 is 0 Å². The largest absolute Gasteiger partial charge is 0.241 e. The van der Waals surface area contributed by atoms with Gasteiger partial charge in [-0.1, -0.05) is 26.8 Å². The Morgan fingerprint density at radius 3 is 2.79 bits per heavy atom. The van der Waals surface area contributed by atoms with Crippen LogP contribution in [0.15, 0.2) is 18.2 Å². The van der Waals surface area contributed by atoms with Crippen molar-refractivity contribution in [2.24, 2.45) is 0 Å². The van der Waals surface area contributed by atoms with Gasteiger partial charge in [0.05, 0.1) is 15.2 Å². The first-order valence-electron chi connectivity index (χ1n) is 5.10. The van der Waals surface area contributed by atoms with E-state index in [1.165, 1.54) is 15.3 Å². The minimum atomic E-state index is 0.603. The fraction of sp³-hybridized carbons (Fsp3) is 0.417. The summed E-state index contributed by atoms with van der Waals surface area (Å²) in [7, 11) is 0. The Morgan fingerprint density at radius 1 is 1.36 bits per heavy atom. The van der Waals surface area contributed by atoms with Crippen molar-refractivity contribution in [2.45, 2.75) is 33.1 Å². The van der Waals surface area contributed by atoms with Crippen LogP contribution in [0.3, 0.4) is 0 Å². The maximum absolute atomic E-state index is 4.55. The first-order chi connectivity index (χ1) is 6.70. The zero-order valence-electron chi connectivity index (χ0n) is 8.87. The fourth-order valence-electron chi connectivity index (χ4n) is 1.50. The van der Waals surface area contributed by atoms with Crippen LogP contribution in [0.4, 0.5) is 0 Å². The molecule has 0 atom stereocenters. The van der Waals surface area contributed by atoms with E-state index in [-0.39, 0.29) is 0 Å².